The lowest BCUT2D eigenvalue weighted by Crippen LogP contribution is -2.12. The van der Waals surface area contributed by atoms with Crippen LogP contribution in [0.15, 0.2) is 34.9 Å². The number of halogens is 1. The van der Waals surface area contributed by atoms with Gasteiger partial charge in [0.25, 0.3) is 0 Å². The molecule has 0 fully saturated rings. The van der Waals surface area contributed by atoms with Crippen LogP contribution in [-0.2, 0) is 13.1 Å². The number of nitrogens with one attached hydrogen (secondary N) is 1. The summed E-state index contributed by atoms with van der Waals surface area (Å²) in [5, 5.41) is 3.90. The third-order valence-corrected chi connectivity index (χ3v) is 3.35. The van der Waals surface area contributed by atoms with Crippen molar-refractivity contribution in [3.05, 3.63) is 46.9 Å². The van der Waals surface area contributed by atoms with Crippen LogP contribution >= 0.6 is 11.6 Å². The number of hydrogen-bond donors (Lipinski definition) is 1. The van der Waals surface area contributed by atoms with E-state index in [1.165, 1.54) is 0 Å². The van der Waals surface area contributed by atoms with E-state index in [0.29, 0.717) is 37.1 Å². The lowest BCUT2D eigenvalue weighted by atomic mass is 10.2. The van der Waals surface area contributed by atoms with Gasteiger partial charge in [0.1, 0.15) is 5.76 Å². The standard InChI is InChI=1S/C15H16ClNO3/c16-13-7-11(9-17-10-12-3-1-4-18-12)8-14-15(13)20-6-2-5-19-14/h1,3-4,7-8,17H,2,5-6,9-10H2. The molecule has 0 atom stereocenters. The Morgan fingerprint density at radius 3 is 2.90 bits per heavy atom. The maximum absolute atomic E-state index is 6.25. The maximum Gasteiger partial charge on any atom is 0.179 e. The Bertz CT molecular complexity index is 569. The van der Waals surface area contributed by atoms with Crippen molar-refractivity contribution >= 4 is 11.6 Å². The molecule has 2 aromatic rings. The fraction of sp³-hybridized carbons (Fsp3) is 0.333. The van der Waals surface area contributed by atoms with Gasteiger partial charge in [-0.3, -0.25) is 0 Å². The minimum atomic E-state index is 0.596. The van der Waals surface area contributed by atoms with Crippen molar-refractivity contribution in [2.24, 2.45) is 0 Å². The van der Waals surface area contributed by atoms with Crippen LogP contribution in [0.5, 0.6) is 11.5 Å². The molecule has 1 aliphatic rings. The SMILES string of the molecule is Clc1cc(CNCc2ccco2)cc2c1OCCCO2. The Hall–Kier alpha value is -1.65. The Morgan fingerprint density at radius 2 is 2.05 bits per heavy atom. The highest BCUT2D eigenvalue weighted by atomic mass is 35.5. The van der Waals surface area contributed by atoms with Crippen LogP contribution in [0.4, 0.5) is 0 Å². The molecule has 0 saturated carbocycles. The third-order valence-electron chi connectivity index (χ3n) is 3.07. The summed E-state index contributed by atoms with van der Waals surface area (Å²) in [6.45, 7) is 2.67. The molecule has 0 saturated heterocycles. The van der Waals surface area contributed by atoms with Gasteiger partial charge in [0.2, 0.25) is 0 Å². The molecule has 0 amide bonds. The summed E-state index contributed by atoms with van der Waals surface area (Å²) in [5.74, 6) is 2.29. The molecule has 1 aromatic heterocycles. The molecule has 0 radical (unpaired) electrons. The van der Waals surface area contributed by atoms with Crippen LogP contribution in [0.25, 0.3) is 0 Å². The second-order valence-corrected chi connectivity index (χ2v) is 5.05. The normalized spacial score (nSPS) is 14.1. The lowest BCUT2D eigenvalue weighted by Gasteiger charge is -2.11. The zero-order valence-corrected chi connectivity index (χ0v) is 11.8. The number of fused-ring (bicyclic) bond motifs is 1. The largest absolute Gasteiger partial charge is 0.489 e. The highest BCUT2D eigenvalue weighted by Crippen LogP contribution is 2.37. The van der Waals surface area contributed by atoms with Gasteiger partial charge in [-0.2, -0.15) is 0 Å². The first-order chi connectivity index (χ1) is 9.83. The summed E-state index contributed by atoms with van der Waals surface area (Å²) in [7, 11) is 0. The van der Waals surface area contributed by atoms with Gasteiger partial charge < -0.3 is 19.2 Å². The maximum atomic E-state index is 6.25. The highest BCUT2D eigenvalue weighted by Gasteiger charge is 2.15. The average molecular weight is 294 g/mol. The predicted molar refractivity (Wildman–Crippen MR) is 76.3 cm³/mol. The van der Waals surface area contributed by atoms with Crippen molar-refractivity contribution in [3.63, 3.8) is 0 Å². The fourth-order valence-corrected chi connectivity index (χ4v) is 2.42. The first-order valence-corrected chi connectivity index (χ1v) is 7.02. The van der Waals surface area contributed by atoms with Crippen molar-refractivity contribution in [1.82, 2.24) is 5.32 Å². The lowest BCUT2D eigenvalue weighted by molar-refractivity contribution is 0.297. The molecule has 1 N–H and O–H groups in total. The molecule has 106 valence electrons. The molecule has 0 spiro atoms. The molecule has 4 nitrogen and oxygen atoms in total. The van der Waals surface area contributed by atoms with E-state index in [2.05, 4.69) is 5.32 Å². The van der Waals surface area contributed by atoms with Gasteiger partial charge in [-0.15, -0.1) is 0 Å². The number of hydrogen-bond acceptors (Lipinski definition) is 4. The Labute approximate surface area is 122 Å². The minimum absolute atomic E-state index is 0.596. The molecule has 20 heavy (non-hydrogen) atoms. The zero-order valence-electron chi connectivity index (χ0n) is 11.0. The molecular formula is C15H16ClNO3. The van der Waals surface area contributed by atoms with Gasteiger partial charge in [0, 0.05) is 13.0 Å². The van der Waals surface area contributed by atoms with Crippen molar-refractivity contribution in [2.75, 3.05) is 13.2 Å². The second kappa shape index (κ2) is 6.20. The Balaban J connectivity index is 1.67. The summed E-state index contributed by atoms with van der Waals surface area (Å²) in [6, 6.07) is 7.70. The van der Waals surface area contributed by atoms with Gasteiger partial charge in [-0.25, -0.2) is 0 Å². The summed E-state index contributed by atoms with van der Waals surface area (Å²) >= 11 is 6.25. The minimum Gasteiger partial charge on any atom is -0.489 e. The van der Waals surface area contributed by atoms with Crippen molar-refractivity contribution < 1.29 is 13.9 Å². The van der Waals surface area contributed by atoms with E-state index in [9.17, 15) is 0 Å². The summed E-state index contributed by atoms with van der Waals surface area (Å²) in [6.07, 6.45) is 2.54. The molecule has 5 heteroatoms. The average Bonchev–Trinajstić information content (AvgIpc) is 2.83. The predicted octanol–water partition coefficient (Wildman–Crippen LogP) is 3.38. The van der Waals surface area contributed by atoms with Crippen LogP contribution in [0.3, 0.4) is 0 Å². The van der Waals surface area contributed by atoms with Gasteiger partial charge in [0.15, 0.2) is 11.5 Å². The van der Waals surface area contributed by atoms with E-state index >= 15 is 0 Å². The van der Waals surface area contributed by atoms with Gasteiger partial charge in [0.05, 0.1) is 31.0 Å². The van der Waals surface area contributed by atoms with Crippen LogP contribution in [0, 0.1) is 0 Å². The molecule has 0 bridgehead atoms. The molecule has 2 heterocycles. The van der Waals surface area contributed by atoms with Gasteiger partial charge in [-0.05, 0) is 29.8 Å². The van der Waals surface area contributed by atoms with Crippen molar-refractivity contribution in [3.8, 4) is 11.5 Å². The summed E-state index contributed by atoms with van der Waals surface area (Å²) in [4.78, 5) is 0. The van der Waals surface area contributed by atoms with E-state index in [4.69, 9.17) is 25.5 Å². The molecule has 0 aliphatic carbocycles. The van der Waals surface area contributed by atoms with Crippen LogP contribution in [0.1, 0.15) is 17.7 Å². The monoisotopic (exact) mass is 293 g/mol. The van der Waals surface area contributed by atoms with E-state index < -0.39 is 0 Å². The number of furan rings is 1. The van der Waals surface area contributed by atoms with Gasteiger partial charge in [-0.1, -0.05) is 11.6 Å². The van der Waals surface area contributed by atoms with Crippen LogP contribution < -0.4 is 14.8 Å². The molecule has 0 unspecified atom stereocenters. The van der Waals surface area contributed by atoms with E-state index in [1.54, 1.807) is 6.26 Å². The second-order valence-electron chi connectivity index (χ2n) is 4.64. The van der Waals surface area contributed by atoms with Crippen molar-refractivity contribution in [1.29, 1.82) is 0 Å². The summed E-state index contributed by atoms with van der Waals surface area (Å²) in [5.41, 5.74) is 1.06. The number of benzene rings is 1. The number of ether oxygens (including phenoxy) is 2. The highest BCUT2D eigenvalue weighted by molar-refractivity contribution is 6.32. The molecule has 3 rings (SSSR count). The first kappa shape index (κ1) is 13.3. The van der Waals surface area contributed by atoms with Gasteiger partial charge >= 0.3 is 0 Å². The first-order valence-electron chi connectivity index (χ1n) is 6.64. The molecule has 1 aliphatic heterocycles. The van der Waals surface area contributed by atoms with E-state index in [1.807, 2.05) is 24.3 Å². The van der Waals surface area contributed by atoms with Crippen LogP contribution in [-0.4, -0.2) is 13.2 Å². The van der Waals surface area contributed by atoms with Crippen molar-refractivity contribution in [2.45, 2.75) is 19.5 Å². The Kier molecular flexibility index (Phi) is 4.14. The Morgan fingerprint density at radius 1 is 1.15 bits per heavy atom. The number of rotatable bonds is 4. The third kappa shape index (κ3) is 3.08. The van der Waals surface area contributed by atoms with E-state index in [0.717, 1.165) is 23.5 Å². The quantitative estimate of drug-likeness (QED) is 0.938. The smallest absolute Gasteiger partial charge is 0.179 e. The zero-order chi connectivity index (χ0) is 13.8. The fourth-order valence-electron chi connectivity index (χ4n) is 2.13. The molecular weight excluding hydrogens is 278 g/mol. The molecule has 1 aromatic carbocycles. The summed E-state index contributed by atoms with van der Waals surface area (Å²) < 4.78 is 16.5. The topological polar surface area (TPSA) is 43.6 Å². The van der Waals surface area contributed by atoms with E-state index in [-0.39, 0.29) is 0 Å². The van der Waals surface area contributed by atoms with Crippen LogP contribution in [0.2, 0.25) is 5.02 Å².